The summed E-state index contributed by atoms with van der Waals surface area (Å²) < 4.78 is 13.1. The molecule has 0 spiro atoms. The summed E-state index contributed by atoms with van der Waals surface area (Å²) in [4.78, 5) is 31.1. The van der Waals surface area contributed by atoms with E-state index in [2.05, 4.69) is 15.1 Å². The van der Waals surface area contributed by atoms with Crippen molar-refractivity contribution in [3.8, 4) is 0 Å². The molecule has 2 fully saturated rings. The number of anilines is 1. The first-order chi connectivity index (χ1) is 13.9. The van der Waals surface area contributed by atoms with Gasteiger partial charge in [-0.15, -0.1) is 0 Å². The van der Waals surface area contributed by atoms with Crippen LogP contribution in [0.15, 0.2) is 24.3 Å². The first-order valence-corrected chi connectivity index (χ1v) is 10.7. The lowest BCUT2D eigenvalue weighted by Crippen LogP contribution is -2.49. The second-order valence-electron chi connectivity index (χ2n) is 8.37. The lowest BCUT2D eigenvalue weighted by atomic mass is 9.95. The molecule has 2 aliphatic rings. The zero-order valence-electron chi connectivity index (χ0n) is 17.6. The molecule has 29 heavy (non-hydrogen) atoms. The first-order valence-electron chi connectivity index (χ1n) is 10.7. The molecule has 0 bridgehead atoms. The fraction of sp³-hybridized carbons (Fsp3) is 0.636. The molecule has 2 amide bonds. The largest absolute Gasteiger partial charge is 0.368 e. The molecule has 0 radical (unpaired) electrons. The Morgan fingerprint density at radius 1 is 1.03 bits per heavy atom. The Balaban J connectivity index is 1.35. The highest BCUT2D eigenvalue weighted by Crippen LogP contribution is 2.19. The van der Waals surface area contributed by atoms with Crippen molar-refractivity contribution in [3.05, 3.63) is 30.1 Å². The van der Waals surface area contributed by atoms with Gasteiger partial charge in [-0.05, 0) is 64.0 Å². The van der Waals surface area contributed by atoms with Crippen LogP contribution in [0.1, 0.15) is 33.1 Å². The van der Waals surface area contributed by atoms with Crippen molar-refractivity contribution in [2.45, 2.75) is 39.2 Å². The number of carbonyl (C=O) groups is 2. The van der Waals surface area contributed by atoms with Gasteiger partial charge in [0.15, 0.2) is 0 Å². The smallest absolute Gasteiger partial charge is 0.223 e. The Morgan fingerprint density at radius 3 is 2.24 bits per heavy atom. The van der Waals surface area contributed by atoms with E-state index in [9.17, 15) is 14.0 Å². The molecular formula is C22H33FN4O2. The number of hydrogen-bond acceptors (Lipinski definition) is 4. The van der Waals surface area contributed by atoms with Crippen LogP contribution in [0.2, 0.25) is 0 Å². The zero-order chi connectivity index (χ0) is 20.8. The van der Waals surface area contributed by atoms with Gasteiger partial charge in [-0.25, -0.2) is 4.39 Å². The average molecular weight is 405 g/mol. The topological polar surface area (TPSA) is 55.9 Å². The molecule has 2 aliphatic heterocycles. The van der Waals surface area contributed by atoms with Crippen molar-refractivity contribution in [1.82, 2.24) is 15.1 Å². The van der Waals surface area contributed by atoms with E-state index in [0.29, 0.717) is 19.5 Å². The van der Waals surface area contributed by atoms with E-state index in [-0.39, 0.29) is 29.6 Å². The number of nitrogens with one attached hydrogen (secondary N) is 1. The molecule has 160 valence electrons. The molecule has 7 heteroatoms. The molecule has 1 aromatic rings. The number of likely N-dealkylation sites (tertiary alicyclic amines) is 1. The van der Waals surface area contributed by atoms with E-state index in [1.54, 1.807) is 12.1 Å². The Labute approximate surface area is 173 Å². The first kappa shape index (κ1) is 21.6. The van der Waals surface area contributed by atoms with Gasteiger partial charge in [0.2, 0.25) is 11.8 Å². The minimum Gasteiger partial charge on any atom is -0.368 e. The van der Waals surface area contributed by atoms with Crippen LogP contribution in [0.25, 0.3) is 0 Å². The molecule has 0 aromatic heterocycles. The van der Waals surface area contributed by atoms with Gasteiger partial charge >= 0.3 is 0 Å². The van der Waals surface area contributed by atoms with Crippen molar-refractivity contribution < 1.29 is 14.0 Å². The van der Waals surface area contributed by atoms with Gasteiger partial charge in [0.1, 0.15) is 5.82 Å². The number of rotatable bonds is 6. The van der Waals surface area contributed by atoms with Crippen LogP contribution in [-0.2, 0) is 9.59 Å². The number of amides is 2. The molecular weight excluding hydrogens is 371 g/mol. The number of piperidine rings is 1. The number of carbonyl (C=O) groups excluding carboxylic acids is 2. The quantitative estimate of drug-likeness (QED) is 0.789. The van der Waals surface area contributed by atoms with Gasteiger partial charge < -0.3 is 20.0 Å². The molecule has 0 atom stereocenters. The maximum absolute atomic E-state index is 13.1. The standard InChI is InChI=1S/C22H33FN4O2/c1-17(2)24-22(29)18-7-10-25(11-8-18)12-9-21(28)27-15-13-26(14-16-27)20-5-3-19(23)4-6-20/h3-6,17-18H,7-16H2,1-2H3,(H,24,29). The summed E-state index contributed by atoms with van der Waals surface area (Å²) >= 11 is 0. The van der Waals surface area contributed by atoms with Crippen LogP contribution < -0.4 is 10.2 Å². The van der Waals surface area contributed by atoms with Crippen LogP contribution in [0, 0.1) is 11.7 Å². The van der Waals surface area contributed by atoms with E-state index >= 15 is 0 Å². The summed E-state index contributed by atoms with van der Waals surface area (Å²) in [6.07, 6.45) is 2.26. The molecule has 1 aromatic carbocycles. The third-order valence-corrected chi connectivity index (χ3v) is 5.86. The molecule has 0 unspecified atom stereocenters. The minimum atomic E-state index is -0.229. The maximum atomic E-state index is 13.1. The highest BCUT2D eigenvalue weighted by atomic mass is 19.1. The monoisotopic (exact) mass is 404 g/mol. The van der Waals surface area contributed by atoms with Crippen LogP contribution in [0.4, 0.5) is 10.1 Å². The van der Waals surface area contributed by atoms with Gasteiger partial charge in [-0.1, -0.05) is 0 Å². The summed E-state index contributed by atoms with van der Waals surface area (Å²) in [5, 5.41) is 3.00. The van der Waals surface area contributed by atoms with E-state index in [1.807, 2.05) is 18.7 Å². The fourth-order valence-corrected chi connectivity index (χ4v) is 4.10. The van der Waals surface area contributed by atoms with Gasteiger partial charge in [0.05, 0.1) is 0 Å². The SMILES string of the molecule is CC(C)NC(=O)C1CCN(CCC(=O)N2CCN(c3ccc(F)cc3)CC2)CC1. The molecule has 0 saturated carbocycles. The molecule has 3 rings (SSSR count). The van der Waals surface area contributed by atoms with Gasteiger partial charge in [-0.2, -0.15) is 0 Å². The summed E-state index contributed by atoms with van der Waals surface area (Å²) in [5.41, 5.74) is 1.00. The molecule has 1 N–H and O–H groups in total. The summed E-state index contributed by atoms with van der Waals surface area (Å²) in [6, 6.07) is 6.71. The number of halogens is 1. The van der Waals surface area contributed by atoms with Crippen molar-refractivity contribution in [1.29, 1.82) is 0 Å². The van der Waals surface area contributed by atoms with Crippen LogP contribution in [0.3, 0.4) is 0 Å². The van der Waals surface area contributed by atoms with Crippen LogP contribution >= 0.6 is 0 Å². The van der Waals surface area contributed by atoms with Crippen molar-refractivity contribution in [2.24, 2.45) is 5.92 Å². The van der Waals surface area contributed by atoms with E-state index < -0.39 is 0 Å². The number of piperazine rings is 1. The van der Waals surface area contributed by atoms with Crippen molar-refractivity contribution >= 4 is 17.5 Å². The predicted molar refractivity (Wildman–Crippen MR) is 112 cm³/mol. The van der Waals surface area contributed by atoms with Crippen molar-refractivity contribution in [2.75, 3.05) is 50.7 Å². The maximum Gasteiger partial charge on any atom is 0.223 e. The lowest BCUT2D eigenvalue weighted by molar-refractivity contribution is -0.132. The Hall–Kier alpha value is -2.15. The highest BCUT2D eigenvalue weighted by Gasteiger charge is 2.26. The van der Waals surface area contributed by atoms with E-state index in [1.165, 1.54) is 12.1 Å². The Kier molecular flexibility index (Phi) is 7.47. The molecule has 2 heterocycles. The molecule has 2 saturated heterocycles. The zero-order valence-corrected chi connectivity index (χ0v) is 17.6. The summed E-state index contributed by atoms with van der Waals surface area (Å²) in [6.45, 7) is 9.43. The van der Waals surface area contributed by atoms with Gasteiger partial charge in [0.25, 0.3) is 0 Å². The van der Waals surface area contributed by atoms with Crippen LogP contribution in [0.5, 0.6) is 0 Å². The lowest BCUT2D eigenvalue weighted by Gasteiger charge is -2.37. The summed E-state index contributed by atoms with van der Waals surface area (Å²) in [7, 11) is 0. The third-order valence-electron chi connectivity index (χ3n) is 5.86. The van der Waals surface area contributed by atoms with Crippen molar-refractivity contribution in [3.63, 3.8) is 0 Å². The predicted octanol–water partition coefficient (Wildman–Crippen LogP) is 2.10. The van der Waals surface area contributed by atoms with Gasteiger partial charge in [-0.3, -0.25) is 9.59 Å². The minimum absolute atomic E-state index is 0.101. The molecule has 6 nitrogen and oxygen atoms in total. The average Bonchev–Trinajstić information content (AvgIpc) is 2.72. The number of benzene rings is 1. The van der Waals surface area contributed by atoms with E-state index in [4.69, 9.17) is 0 Å². The normalized spacial score (nSPS) is 18.9. The fourth-order valence-electron chi connectivity index (χ4n) is 4.10. The van der Waals surface area contributed by atoms with E-state index in [0.717, 1.165) is 51.3 Å². The van der Waals surface area contributed by atoms with Gasteiger partial charge in [0, 0.05) is 56.8 Å². The third kappa shape index (κ3) is 6.16. The highest BCUT2D eigenvalue weighted by molar-refractivity contribution is 5.79. The molecule has 0 aliphatic carbocycles. The second kappa shape index (κ2) is 10.1. The number of hydrogen-bond donors (Lipinski definition) is 1. The Bertz CT molecular complexity index is 679. The second-order valence-corrected chi connectivity index (χ2v) is 8.37. The number of nitrogens with zero attached hydrogens (tertiary/aromatic N) is 3. The van der Waals surface area contributed by atoms with Crippen LogP contribution in [-0.4, -0.2) is 73.5 Å². The summed E-state index contributed by atoms with van der Waals surface area (Å²) in [5.74, 6) is 0.231. The Morgan fingerprint density at radius 2 is 1.66 bits per heavy atom.